The number of nitrogens with zero attached hydrogens (tertiary/aromatic N) is 5. The summed E-state index contributed by atoms with van der Waals surface area (Å²) in [6.07, 6.45) is 3.00. The van der Waals surface area contributed by atoms with Crippen LogP contribution in [0.5, 0.6) is 0 Å². The van der Waals surface area contributed by atoms with Crippen LogP contribution in [0.1, 0.15) is 16.2 Å². The number of sulfone groups is 1. The Balaban J connectivity index is 1.28. The van der Waals surface area contributed by atoms with Crippen molar-refractivity contribution < 1.29 is 13.2 Å². The number of aromatic nitrogens is 3. The van der Waals surface area contributed by atoms with Crippen molar-refractivity contribution in [1.29, 1.82) is 0 Å². The van der Waals surface area contributed by atoms with Gasteiger partial charge in [0, 0.05) is 50.1 Å². The van der Waals surface area contributed by atoms with Crippen LogP contribution in [-0.2, 0) is 16.4 Å². The SMILES string of the molecule is CS(=O)(=O)c1cccc(-c2ccc(-c3cc(C(=O)N4CCN(Cc5ccccn5)CC4)nn3-c3ccccc3Cl)s2)c1. The van der Waals surface area contributed by atoms with Gasteiger partial charge in [0.05, 0.1) is 31.9 Å². The first kappa shape index (κ1) is 28.3. The van der Waals surface area contributed by atoms with E-state index in [0.29, 0.717) is 29.5 Å². The Labute approximate surface area is 253 Å². The number of para-hydroxylation sites is 1. The lowest BCUT2D eigenvalue weighted by Crippen LogP contribution is -2.48. The number of rotatable bonds is 7. The Morgan fingerprint density at radius 1 is 0.905 bits per heavy atom. The van der Waals surface area contributed by atoms with Crippen LogP contribution in [0.15, 0.2) is 96.0 Å². The lowest BCUT2D eigenvalue weighted by atomic mass is 10.2. The second-order valence-electron chi connectivity index (χ2n) is 10.1. The number of amides is 1. The molecule has 0 unspecified atom stereocenters. The van der Waals surface area contributed by atoms with Crippen LogP contribution in [0.4, 0.5) is 0 Å². The van der Waals surface area contributed by atoms with E-state index < -0.39 is 9.84 Å². The van der Waals surface area contributed by atoms with Gasteiger partial charge in [0.15, 0.2) is 15.5 Å². The Bertz CT molecular complexity index is 1850. The second kappa shape index (κ2) is 11.8. The molecule has 5 aromatic rings. The van der Waals surface area contributed by atoms with Crippen LogP contribution in [0.3, 0.4) is 0 Å². The maximum Gasteiger partial charge on any atom is 0.274 e. The van der Waals surface area contributed by atoms with E-state index in [-0.39, 0.29) is 10.8 Å². The molecule has 214 valence electrons. The molecule has 0 spiro atoms. The van der Waals surface area contributed by atoms with Gasteiger partial charge in [-0.1, -0.05) is 41.9 Å². The number of halogens is 1. The number of carbonyl (C=O) groups excluding carboxylic acids is 1. The van der Waals surface area contributed by atoms with Gasteiger partial charge >= 0.3 is 0 Å². The predicted octanol–water partition coefficient (Wildman–Crippen LogP) is 5.68. The predicted molar refractivity (Wildman–Crippen MR) is 166 cm³/mol. The summed E-state index contributed by atoms with van der Waals surface area (Å²) in [6, 6.07) is 25.9. The fraction of sp³-hybridized carbons (Fsp3) is 0.194. The van der Waals surface area contributed by atoms with Crippen LogP contribution >= 0.6 is 22.9 Å². The van der Waals surface area contributed by atoms with Crippen molar-refractivity contribution in [1.82, 2.24) is 24.6 Å². The molecule has 0 N–H and O–H groups in total. The molecule has 8 nitrogen and oxygen atoms in total. The van der Waals surface area contributed by atoms with Crippen molar-refractivity contribution in [2.45, 2.75) is 11.4 Å². The molecule has 1 saturated heterocycles. The molecule has 1 amide bonds. The molecule has 0 bridgehead atoms. The molecule has 42 heavy (non-hydrogen) atoms. The van der Waals surface area contributed by atoms with E-state index >= 15 is 0 Å². The standard InChI is InChI=1S/C31H28ClN5O3S2/c1-42(39,40)24-9-6-7-22(19-24)29-12-13-30(41-29)28-20-26(34-37(28)27-11-3-2-10-25(27)32)31(38)36-17-15-35(16-18-36)21-23-8-4-5-14-33-23/h2-14,19-20H,15-18,21H2,1H3. The first-order chi connectivity index (χ1) is 20.3. The normalized spacial score (nSPS) is 14.3. The summed E-state index contributed by atoms with van der Waals surface area (Å²) in [5.41, 5.74) is 3.56. The summed E-state index contributed by atoms with van der Waals surface area (Å²) in [6.45, 7) is 3.45. The van der Waals surface area contributed by atoms with Gasteiger partial charge < -0.3 is 4.90 Å². The van der Waals surface area contributed by atoms with Crippen molar-refractivity contribution in [2.24, 2.45) is 0 Å². The van der Waals surface area contributed by atoms with E-state index in [4.69, 9.17) is 16.7 Å². The minimum atomic E-state index is -3.34. The summed E-state index contributed by atoms with van der Waals surface area (Å²) in [5.74, 6) is -0.128. The molecule has 6 rings (SSSR count). The number of pyridine rings is 1. The van der Waals surface area contributed by atoms with Crippen LogP contribution in [0.25, 0.3) is 26.7 Å². The molecule has 1 aliphatic rings. The van der Waals surface area contributed by atoms with Gasteiger partial charge in [0.1, 0.15) is 0 Å². The molecule has 1 fully saturated rings. The van der Waals surface area contributed by atoms with Gasteiger partial charge in [-0.3, -0.25) is 14.7 Å². The number of benzene rings is 2. The highest BCUT2D eigenvalue weighted by Gasteiger charge is 2.26. The summed E-state index contributed by atoms with van der Waals surface area (Å²) < 4.78 is 25.9. The smallest absolute Gasteiger partial charge is 0.274 e. The lowest BCUT2D eigenvalue weighted by Gasteiger charge is -2.34. The van der Waals surface area contributed by atoms with Crippen molar-refractivity contribution in [3.63, 3.8) is 0 Å². The minimum absolute atomic E-state index is 0.128. The molecular formula is C31H28ClN5O3S2. The molecule has 0 aliphatic carbocycles. The highest BCUT2D eigenvalue weighted by Crippen LogP contribution is 2.37. The maximum atomic E-state index is 13.7. The number of carbonyl (C=O) groups is 1. The third-order valence-corrected chi connectivity index (χ3v) is 9.77. The Morgan fingerprint density at radius 2 is 1.67 bits per heavy atom. The number of hydrogen-bond donors (Lipinski definition) is 0. The molecule has 1 aliphatic heterocycles. The first-order valence-corrected chi connectivity index (χ1v) is 16.5. The average molecular weight is 618 g/mol. The Morgan fingerprint density at radius 3 is 2.40 bits per heavy atom. The van der Waals surface area contributed by atoms with Crippen molar-refractivity contribution in [3.8, 4) is 26.7 Å². The maximum absolute atomic E-state index is 13.7. The van der Waals surface area contributed by atoms with Gasteiger partial charge in [0.25, 0.3) is 5.91 Å². The fourth-order valence-electron chi connectivity index (χ4n) is 4.97. The molecule has 4 heterocycles. The quantitative estimate of drug-likeness (QED) is 0.234. The summed E-state index contributed by atoms with van der Waals surface area (Å²) in [5, 5.41) is 5.27. The largest absolute Gasteiger partial charge is 0.335 e. The summed E-state index contributed by atoms with van der Waals surface area (Å²) in [4.78, 5) is 24.3. The third-order valence-electron chi connectivity index (χ3n) is 7.19. The monoisotopic (exact) mass is 617 g/mol. The van der Waals surface area contributed by atoms with E-state index in [1.165, 1.54) is 17.6 Å². The third kappa shape index (κ3) is 6.03. The zero-order valence-electron chi connectivity index (χ0n) is 22.9. The van der Waals surface area contributed by atoms with E-state index in [2.05, 4.69) is 9.88 Å². The number of piperazine rings is 1. The second-order valence-corrected chi connectivity index (χ2v) is 13.6. The molecule has 0 atom stereocenters. The summed E-state index contributed by atoms with van der Waals surface area (Å²) in [7, 11) is -3.34. The van der Waals surface area contributed by atoms with Gasteiger partial charge in [-0.05, 0) is 60.2 Å². The van der Waals surface area contributed by atoms with E-state index in [1.54, 1.807) is 35.1 Å². The molecule has 3 aromatic heterocycles. The zero-order chi connectivity index (χ0) is 29.3. The fourth-order valence-corrected chi connectivity index (χ4v) is 6.86. The van der Waals surface area contributed by atoms with Crippen LogP contribution < -0.4 is 0 Å². The average Bonchev–Trinajstić information content (AvgIpc) is 3.66. The molecule has 11 heteroatoms. The van der Waals surface area contributed by atoms with Crippen molar-refractivity contribution in [2.75, 3.05) is 32.4 Å². The van der Waals surface area contributed by atoms with Crippen LogP contribution in [0, 0.1) is 0 Å². The van der Waals surface area contributed by atoms with Gasteiger partial charge in [-0.25, -0.2) is 13.1 Å². The number of hydrogen-bond acceptors (Lipinski definition) is 7. The van der Waals surface area contributed by atoms with Gasteiger partial charge in [-0.15, -0.1) is 11.3 Å². The first-order valence-electron chi connectivity index (χ1n) is 13.4. The van der Waals surface area contributed by atoms with E-state index in [9.17, 15) is 13.2 Å². The highest BCUT2D eigenvalue weighted by atomic mass is 35.5. The number of thiophene rings is 1. The van der Waals surface area contributed by atoms with E-state index in [1.807, 2.05) is 65.6 Å². The van der Waals surface area contributed by atoms with Crippen LogP contribution in [0.2, 0.25) is 5.02 Å². The zero-order valence-corrected chi connectivity index (χ0v) is 25.2. The minimum Gasteiger partial charge on any atom is -0.335 e. The highest BCUT2D eigenvalue weighted by molar-refractivity contribution is 7.90. The Kier molecular flexibility index (Phi) is 7.96. The molecule has 0 radical (unpaired) electrons. The van der Waals surface area contributed by atoms with Crippen LogP contribution in [-0.4, -0.2) is 71.3 Å². The summed E-state index contributed by atoms with van der Waals surface area (Å²) >= 11 is 8.08. The van der Waals surface area contributed by atoms with E-state index in [0.717, 1.165) is 46.3 Å². The Hall–Kier alpha value is -3.83. The molecule has 0 saturated carbocycles. The topological polar surface area (TPSA) is 88.4 Å². The molecule has 2 aromatic carbocycles. The van der Waals surface area contributed by atoms with Crippen molar-refractivity contribution >= 4 is 38.7 Å². The lowest BCUT2D eigenvalue weighted by molar-refractivity contribution is 0.0621. The van der Waals surface area contributed by atoms with Crippen molar-refractivity contribution in [3.05, 3.63) is 108 Å². The van der Waals surface area contributed by atoms with Gasteiger partial charge in [-0.2, -0.15) is 5.10 Å². The van der Waals surface area contributed by atoms with Gasteiger partial charge in [0.2, 0.25) is 0 Å². The molecular weight excluding hydrogens is 590 g/mol.